The number of aryl methyl sites for hydroxylation is 1. The molecule has 0 radical (unpaired) electrons. The summed E-state index contributed by atoms with van der Waals surface area (Å²) in [6.07, 6.45) is 0.664. The van der Waals surface area contributed by atoms with Gasteiger partial charge in [-0.15, -0.1) is 0 Å². The van der Waals surface area contributed by atoms with E-state index in [1.54, 1.807) is 13.2 Å². The van der Waals surface area contributed by atoms with Gasteiger partial charge in [0.15, 0.2) is 6.10 Å². The van der Waals surface area contributed by atoms with Crippen LogP contribution in [-0.2, 0) is 20.7 Å². The summed E-state index contributed by atoms with van der Waals surface area (Å²) in [5, 5.41) is 3.75. The lowest BCUT2D eigenvalue weighted by molar-refractivity contribution is -0.152. The second-order valence-electron chi connectivity index (χ2n) is 7.47. The number of rotatable bonds is 6. The average molecular weight is 413 g/mol. The molecule has 0 unspecified atom stereocenters. The summed E-state index contributed by atoms with van der Waals surface area (Å²) in [5.74, 6) is -0.869. The molecule has 0 aliphatic rings. The Morgan fingerprint density at radius 1 is 1.00 bits per heavy atom. The average Bonchev–Trinajstić information content (AvgIpc) is 3.16. The Balaban J connectivity index is 1.42. The van der Waals surface area contributed by atoms with E-state index in [1.165, 1.54) is 0 Å². The van der Waals surface area contributed by atoms with Crippen LogP contribution in [0.25, 0.3) is 22.1 Å². The van der Waals surface area contributed by atoms with Crippen molar-refractivity contribution in [1.29, 1.82) is 0 Å². The Labute approximate surface area is 180 Å². The molecule has 1 amide bonds. The Morgan fingerprint density at radius 3 is 2.55 bits per heavy atom. The van der Waals surface area contributed by atoms with Crippen molar-refractivity contribution in [3.63, 3.8) is 0 Å². The number of anilines is 1. The van der Waals surface area contributed by atoms with Crippen LogP contribution in [0.2, 0.25) is 0 Å². The van der Waals surface area contributed by atoms with Crippen LogP contribution in [0.5, 0.6) is 0 Å². The number of benzene rings is 3. The van der Waals surface area contributed by atoms with Crippen LogP contribution in [0.4, 0.5) is 5.69 Å². The van der Waals surface area contributed by atoms with E-state index in [-0.39, 0.29) is 12.3 Å². The number of para-hydroxylation sites is 1. The summed E-state index contributed by atoms with van der Waals surface area (Å²) in [6, 6.07) is 23.1. The first-order valence-electron chi connectivity index (χ1n) is 10.1. The van der Waals surface area contributed by atoms with Crippen molar-refractivity contribution < 1.29 is 18.7 Å². The van der Waals surface area contributed by atoms with Crippen molar-refractivity contribution >= 4 is 28.5 Å². The molecule has 0 spiro atoms. The van der Waals surface area contributed by atoms with Gasteiger partial charge in [-0.1, -0.05) is 60.7 Å². The van der Waals surface area contributed by atoms with Gasteiger partial charge in [0.05, 0.1) is 12.7 Å². The van der Waals surface area contributed by atoms with E-state index in [0.717, 1.165) is 33.2 Å². The highest BCUT2D eigenvalue weighted by Gasteiger charge is 2.20. The van der Waals surface area contributed by atoms with Gasteiger partial charge < -0.3 is 14.5 Å². The van der Waals surface area contributed by atoms with E-state index >= 15 is 0 Å². The lowest BCUT2D eigenvalue weighted by Gasteiger charge is -2.16. The Morgan fingerprint density at radius 2 is 1.74 bits per heavy atom. The van der Waals surface area contributed by atoms with Gasteiger partial charge >= 0.3 is 5.97 Å². The SMILES string of the molecule is Cc1ccc2c(CC(=O)O[C@H](C)C(=O)Nc3ccccc3-c3ccccc3)coc2c1. The van der Waals surface area contributed by atoms with Gasteiger partial charge in [-0.05, 0) is 37.1 Å². The smallest absolute Gasteiger partial charge is 0.311 e. The molecule has 5 heteroatoms. The first-order chi connectivity index (χ1) is 15.0. The quantitative estimate of drug-likeness (QED) is 0.423. The zero-order chi connectivity index (χ0) is 21.8. The molecule has 1 aromatic heterocycles. The van der Waals surface area contributed by atoms with Gasteiger partial charge in [-0.2, -0.15) is 0 Å². The fraction of sp³-hybridized carbons (Fsp3) is 0.154. The lowest BCUT2D eigenvalue weighted by atomic mass is 10.0. The maximum atomic E-state index is 12.7. The maximum Gasteiger partial charge on any atom is 0.311 e. The van der Waals surface area contributed by atoms with Crippen molar-refractivity contribution in [3.8, 4) is 11.1 Å². The Hall–Kier alpha value is -3.86. The molecule has 4 aromatic rings. The van der Waals surface area contributed by atoms with Crippen molar-refractivity contribution in [2.45, 2.75) is 26.4 Å². The first-order valence-corrected chi connectivity index (χ1v) is 10.1. The Kier molecular flexibility index (Phi) is 5.85. The molecular weight excluding hydrogens is 390 g/mol. The highest BCUT2D eigenvalue weighted by atomic mass is 16.5. The number of amides is 1. The van der Waals surface area contributed by atoms with E-state index < -0.39 is 12.1 Å². The maximum absolute atomic E-state index is 12.7. The molecular formula is C26H23NO4. The third-order valence-electron chi connectivity index (χ3n) is 5.09. The van der Waals surface area contributed by atoms with Gasteiger partial charge in [-0.3, -0.25) is 9.59 Å². The molecule has 0 aliphatic heterocycles. The number of furan rings is 1. The molecule has 0 aliphatic carbocycles. The lowest BCUT2D eigenvalue weighted by Crippen LogP contribution is -2.30. The number of nitrogens with one attached hydrogen (secondary N) is 1. The molecule has 0 saturated heterocycles. The highest BCUT2D eigenvalue weighted by molar-refractivity contribution is 5.98. The van der Waals surface area contributed by atoms with Crippen molar-refractivity contribution in [3.05, 3.63) is 90.2 Å². The molecule has 1 heterocycles. The minimum atomic E-state index is -0.934. The summed E-state index contributed by atoms with van der Waals surface area (Å²) in [6.45, 7) is 3.54. The van der Waals surface area contributed by atoms with E-state index in [0.29, 0.717) is 5.69 Å². The van der Waals surface area contributed by atoms with E-state index in [1.807, 2.05) is 79.7 Å². The summed E-state index contributed by atoms with van der Waals surface area (Å²) in [4.78, 5) is 25.1. The number of carbonyl (C=O) groups is 2. The minimum Gasteiger partial charge on any atom is -0.464 e. The van der Waals surface area contributed by atoms with Gasteiger partial charge in [0.2, 0.25) is 0 Å². The van der Waals surface area contributed by atoms with E-state index in [2.05, 4.69) is 5.32 Å². The molecule has 1 atom stereocenters. The number of esters is 1. The fourth-order valence-electron chi connectivity index (χ4n) is 3.47. The van der Waals surface area contributed by atoms with Crippen molar-refractivity contribution in [2.24, 2.45) is 0 Å². The molecule has 5 nitrogen and oxygen atoms in total. The largest absolute Gasteiger partial charge is 0.464 e. The van der Waals surface area contributed by atoms with E-state index in [4.69, 9.17) is 9.15 Å². The van der Waals surface area contributed by atoms with Crippen LogP contribution in [0, 0.1) is 6.92 Å². The number of carbonyl (C=O) groups excluding carboxylic acids is 2. The highest BCUT2D eigenvalue weighted by Crippen LogP contribution is 2.28. The number of hydrogen-bond acceptors (Lipinski definition) is 4. The topological polar surface area (TPSA) is 68.5 Å². The second kappa shape index (κ2) is 8.88. The van der Waals surface area contributed by atoms with Crippen LogP contribution in [-0.4, -0.2) is 18.0 Å². The molecule has 3 aromatic carbocycles. The standard InChI is InChI=1S/C26H23NO4/c1-17-12-13-22-20(16-30-24(22)14-17)15-25(28)31-18(2)26(29)27-23-11-7-6-10-21(23)19-8-4-3-5-9-19/h3-14,16,18H,15H2,1-2H3,(H,27,29)/t18-/m1/s1. The summed E-state index contributed by atoms with van der Waals surface area (Å²) < 4.78 is 10.9. The predicted octanol–water partition coefficient (Wildman–Crippen LogP) is 5.52. The van der Waals surface area contributed by atoms with Gasteiger partial charge in [-0.25, -0.2) is 0 Å². The van der Waals surface area contributed by atoms with Gasteiger partial charge in [0, 0.05) is 22.2 Å². The van der Waals surface area contributed by atoms with Gasteiger partial charge in [0.1, 0.15) is 5.58 Å². The molecule has 0 saturated carbocycles. The molecule has 0 fully saturated rings. The third-order valence-corrected chi connectivity index (χ3v) is 5.09. The molecule has 0 bridgehead atoms. The fourth-order valence-corrected chi connectivity index (χ4v) is 3.47. The number of ether oxygens (including phenoxy) is 1. The van der Waals surface area contributed by atoms with Gasteiger partial charge in [0.25, 0.3) is 5.91 Å². The zero-order valence-corrected chi connectivity index (χ0v) is 17.4. The molecule has 1 N–H and O–H groups in total. The molecule has 4 rings (SSSR count). The second-order valence-corrected chi connectivity index (χ2v) is 7.47. The van der Waals surface area contributed by atoms with Crippen molar-refractivity contribution in [1.82, 2.24) is 0 Å². The third kappa shape index (κ3) is 4.67. The van der Waals surface area contributed by atoms with Crippen LogP contribution in [0.1, 0.15) is 18.1 Å². The van der Waals surface area contributed by atoms with Crippen LogP contribution < -0.4 is 5.32 Å². The zero-order valence-electron chi connectivity index (χ0n) is 17.4. The van der Waals surface area contributed by atoms with E-state index in [9.17, 15) is 9.59 Å². The monoisotopic (exact) mass is 413 g/mol. The molecule has 31 heavy (non-hydrogen) atoms. The molecule has 156 valence electrons. The summed E-state index contributed by atoms with van der Waals surface area (Å²) in [7, 11) is 0. The van der Waals surface area contributed by atoms with Crippen LogP contribution >= 0.6 is 0 Å². The minimum absolute atomic E-state index is 0.0360. The first kappa shape index (κ1) is 20.4. The predicted molar refractivity (Wildman–Crippen MR) is 121 cm³/mol. The van der Waals surface area contributed by atoms with Crippen LogP contribution in [0.15, 0.2) is 83.5 Å². The van der Waals surface area contributed by atoms with Crippen molar-refractivity contribution in [2.75, 3.05) is 5.32 Å². The number of fused-ring (bicyclic) bond motifs is 1. The summed E-state index contributed by atoms with van der Waals surface area (Å²) in [5.41, 5.74) is 5.10. The normalized spacial score (nSPS) is 11.8. The van der Waals surface area contributed by atoms with Crippen LogP contribution in [0.3, 0.4) is 0 Å². The number of hydrogen-bond donors (Lipinski definition) is 1. The Bertz CT molecular complexity index is 1230. The summed E-state index contributed by atoms with van der Waals surface area (Å²) >= 11 is 0.